The molecule has 1 aliphatic heterocycles. The van der Waals surface area contributed by atoms with Gasteiger partial charge in [0.2, 0.25) is 5.79 Å². The molecule has 0 aromatic carbocycles. The minimum Gasteiger partial charge on any atom is -0.391 e. The summed E-state index contributed by atoms with van der Waals surface area (Å²) in [5.41, 5.74) is 0. The van der Waals surface area contributed by atoms with E-state index >= 15 is 0 Å². The molecule has 0 amide bonds. The first-order valence-corrected chi connectivity index (χ1v) is 3.91. The number of rotatable bonds is 2. The molecular weight excluding hydrogens is 180 g/mol. The molecule has 0 spiro atoms. The van der Waals surface area contributed by atoms with Crippen molar-refractivity contribution in [1.29, 1.82) is 0 Å². The molecule has 0 saturated carbocycles. The molecule has 0 radical (unpaired) electrons. The largest absolute Gasteiger partial charge is 0.391 e. The molecule has 1 saturated heterocycles. The van der Waals surface area contributed by atoms with Gasteiger partial charge in [0.15, 0.2) is 0 Å². The second-order valence-corrected chi connectivity index (χ2v) is 3.03. The standard InChI is InChI=1S/C7H14O6/c1-12-5-4(9)2-13-7(11,3-8)6(5)10/h4-6,8-11H,2-3H2,1H3. The summed E-state index contributed by atoms with van der Waals surface area (Å²) in [5, 5.41) is 36.9. The minimum atomic E-state index is -2.04. The summed E-state index contributed by atoms with van der Waals surface area (Å²) >= 11 is 0. The normalized spacial score (nSPS) is 46.4. The lowest BCUT2D eigenvalue weighted by molar-refractivity contribution is -0.334. The van der Waals surface area contributed by atoms with Crippen LogP contribution in [0.25, 0.3) is 0 Å². The van der Waals surface area contributed by atoms with Crippen LogP contribution < -0.4 is 0 Å². The maximum atomic E-state index is 9.45. The first-order chi connectivity index (χ1) is 6.05. The van der Waals surface area contributed by atoms with Gasteiger partial charge in [-0.3, -0.25) is 0 Å². The molecule has 1 rings (SSSR count). The number of methoxy groups -OCH3 is 1. The highest BCUT2D eigenvalue weighted by Gasteiger charge is 2.48. The molecule has 0 aromatic rings. The minimum absolute atomic E-state index is 0.188. The van der Waals surface area contributed by atoms with Gasteiger partial charge >= 0.3 is 0 Å². The van der Waals surface area contributed by atoms with Gasteiger partial charge in [0.1, 0.15) is 18.3 Å². The van der Waals surface area contributed by atoms with Crippen LogP contribution in [0.15, 0.2) is 0 Å². The summed E-state index contributed by atoms with van der Waals surface area (Å²) in [6.07, 6.45) is -3.43. The summed E-state index contributed by atoms with van der Waals surface area (Å²) in [7, 11) is 1.29. The van der Waals surface area contributed by atoms with Crippen LogP contribution in [0.2, 0.25) is 0 Å². The van der Waals surface area contributed by atoms with Crippen LogP contribution in [-0.2, 0) is 9.47 Å². The molecule has 13 heavy (non-hydrogen) atoms. The summed E-state index contributed by atoms with van der Waals surface area (Å²) in [6, 6.07) is 0. The van der Waals surface area contributed by atoms with Crippen LogP contribution in [0.3, 0.4) is 0 Å². The maximum absolute atomic E-state index is 9.45. The average Bonchev–Trinajstić information content (AvgIpc) is 2.13. The Morgan fingerprint density at radius 2 is 2.15 bits per heavy atom. The Morgan fingerprint density at radius 3 is 2.62 bits per heavy atom. The van der Waals surface area contributed by atoms with E-state index in [4.69, 9.17) is 14.6 Å². The second-order valence-electron chi connectivity index (χ2n) is 3.03. The number of aliphatic hydroxyl groups is 4. The molecular formula is C7H14O6. The van der Waals surface area contributed by atoms with Gasteiger partial charge in [-0.15, -0.1) is 0 Å². The van der Waals surface area contributed by atoms with Gasteiger partial charge in [-0.05, 0) is 0 Å². The smallest absolute Gasteiger partial charge is 0.218 e. The zero-order valence-electron chi connectivity index (χ0n) is 7.25. The predicted octanol–water partition coefficient (Wildman–Crippen LogP) is -2.57. The fraction of sp³-hybridized carbons (Fsp3) is 1.00. The van der Waals surface area contributed by atoms with Crippen LogP contribution in [-0.4, -0.2) is 64.8 Å². The lowest BCUT2D eigenvalue weighted by Crippen LogP contribution is -2.63. The lowest BCUT2D eigenvalue weighted by atomic mass is 9.97. The van der Waals surface area contributed by atoms with E-state index in [2.05, 4.69) is 0 Å². The molecule has 0 aliphatic carbocycles. The summed E-state index contributed by atoms with van der Waals surface area (Å²) in [4.78, 5) is 0. The van der Waals surface area contributed by atoms with Crippen molar-refractivity contribution in [3.8, 4) is 0 Å². The molecule has 4 N–H and O–H groups in total. The van der Waals surface area contributed by atoms with E-state index in [1.165, 1.54) is 7.11 Å². The highest BCUT2D eigenvalue weighted by molar-refractivity contribution is 4.91. The molecule has 1 fully saturated rings. The highest BCUT2D eigenvalue weighted by Crippen LogP contribution is 2.24. The van der Waals surface area contributed by atoms with E-state index in [0.29, 0.717) is 0 Å². The third kappa shape index (κ3) is 1.83. The third-order valence-electron chi connectivity index (χ3n) is 2.16. The number of aliphatic hydroxyl groups excluding tert-OH is 3. The van der Waals surface area contributed by atoms with E-state index in [9.17, 15) is 15.3 Å². The molecule has 78 valence electrons. The van der Waals surface area contributed by atoms with Crippen LogP contribution in [0.5, 0.6) is 0 Å². The molecule has 1 aliphatic rings. The van der Waals surface area contributed by atoms with Gasteiger partial charge in [-0.2, -0.15) is 0 Å². The fourth-order valence-corrected chi connectivity index (χ4v) is 1.30. The topological polar surface area (TPSA) is 99.4 Å². The van der Waals surface area contributed by atoms with E-state index in [0.717, 1.165) is 0 Å². The molecule has 6 heteroatoms. The third-order valence-corrected chi connectivity index (χ3v) is 2.16. The predicted molar refractivity (Wildman–Crippen MR) is 40.8 cm³/mol. The van der Waals surface area contributed by atoms with E-state index in [1.807, 2.05) is 0 Å². The van der Waals surface area contributed by atoms with Crippen molar-refractivity contribution in [2.24, 2.45) is 0 Å². The monoisotopic (exact) mass is 194 g/mol. The molecule has 4 unspecified atom stereocenters. The number of ether oxygens (including phenoxy) is 2. The first-order valence-electron chi connectivity index (χ1n) is 3.91. The number of hydrogen-bond acceptors (Lipinski definition) is 6. The van der Waals surface area contributed by atoms with Crippen molar-refractivity contribution in [1.82, 2.24) is 0 Å². The van der Waals surface area contributed by atoms with Gasteiger partial charge in [0.25, 0.3) is 0 Å². The molecule has 0 aromatic heterocycles. The SMILES string of the molecule is COC1C(O)COC(O)(CO)C1O. The van der Waals surface area contributed by atoms with Crippen LogP contribution in [0.4, 0.5) is 0 Å². The summed E-state index contributed by atoms with van der Waals surface area (Å²) < 4.78 is 9.46. The average molecular weight is 194 g/mol. The van der Waals surface area contributed by atoms with Crippen molar-refractivity contribution in [3.05, 3.63) is 0 Å². The molecule has 6 nitrogen and oxygen atoms in total. The van der Waals surface area contributed by atoms with Gasteiger partial charge < -0.3 is 29.9 Å². The second kappa shape index (κ2) is 3.87. The van der Waals surface area contributed by atoms with E-state index in [1.54, 1.807) is 0 Å². The van der Waals surface area contributed by atoms with Crippen molar-refractivity contribution < 1.29 is 29.9 Å². The quantitative estimate of drug-likeness (QED) is 0.386. The van der Waals surface area contributed by atoms with Crippen LogP contribution in [0.1, 0.15) is 0 Å². The van der Waals surface area contributed by atoms with Gasteiger partial charge in [-0.25, -0.2) is 0 Å². The van der Waals surface area contributed by atoms with Crippen molar-refractivity contribution in [3.63, 3.8) is 0 Å². The highest BCUT2D eigenvalue weighted by atomic mass is 16.7. The Kier molecular flexibility index (Phi) is 3.23. The van der Waals surface area contributed by atoms with Crippen molar-refractivity contribution in [2.75, 3.05) is 20.3 Å². The zero-order valence-corrected chi connectivity index (χ0v) is 7.25. The van der Waals surface area contributed by atoms with Gasteiger partial charge in [-0.1, -0.05) is 0 Å². The fourth-order valence-electron chi connectivity index (χ4n) is 1.30. The van der Waals surface area contributed by atoms with Gasteiger partial charge in [0, 0.05) is 7.11 Å². The van der Waals surface area contributed by atoms with Crippen molar-refractivity contribution in [2.45, 2.75) is 24.1 Å². The van der Waals surface area contributed by atoms with Gasteiger partial charge in [0.05, 0.1) is 13.2 Å². The molecule has 0 bridgehead atoms. The van der Waals surface area contributed by atoms with E-state index in [-0.39, 0.29) is 6.61 Å². The Morgan fingerprint density at radius 1 is 1.54 bits per heavy atom. The Labute approximate surface area is 75.3 Å². The summed E-state index contributed by atoms with van der Waals surface area (Å²) in [6.45, 7) is -0.937. The van der Waals surface area contributed by atoms with Crippen molar-refractivity contribution >= 4 is 0 Å². The first kappa shape index (κ1) is 10.8. The number of hydrogen-bond donors (Lipinski definition) is 4. The Balaban J connectivity index is 2.74. The Hall–Kier alpha value is -0.240. The van der Waals surface area contributed by atoms with E-state index < -0.39 is 30.7 Å². The van der Waals surface area contributed by atoms with Crippen LogP contribution in [0, 0.1) is 0 Å². The summed E-state index contributed by atoms with van der Waals surface area (Å²) in [5.74, 6) is -2.04. The molecule has 1 heterocycles. The molecule has 4 atom stereocenters. The Bertz CT molecular complexity index is 174. The zero-order chi connectivity index (χ0) is 10.1. The lowest BCUT2D eigenvalue weighted by Gasteiger charge is -2.41. The van der Waals surface area contributed by atoms with Crippen LogP contribution >= 0.6 is 0 Å². The maximum Gasteiger partial charge on any atom is 0.218 e.